The molecule has 3 unspecified atom stereocenters. The third-order valence-corrected chi connectivity index (χ3v) is 7.54. The van der Waals surface area contributed by atoms with Crippen molar-refractivity contribution in [1.82, 2.24) is 26.1 Å². The number of carbonyl (C=O) groups excluding carboxylic acids is 1. The number of nitrogens with zero attached hydrogens (tertiary/aromatic N) is 3. The quantitative estimate of drug-likeness (QED) is 0.616. The Morgan fingerprint density at radius 3 is 2.72 bits per heavy atom. The van der Waals surface area contributed by atoms with Gasteiger partial charge in [0.1, 0.15) is 12.0 Å². The molecule has 3 aliphatic heterocycles. The molecule has 3 heterocycles. The van der Waals surface area contributed by atoms with Crippen LogP contribution in [0.1, 0.15) is 80.5 Å². The van der Waals surface area contributed by atoms with Gasteiger partial charge in [0, 0.05) is 31.3 Å². The average Bonchev–Trinajstić information content (AvgIpc) is 3.31. The zero-order chi connectivity index (χ0) is 22.1. The van der Waals surface area contributed by atoms with Crippen molar-refractivity contribution in [1.29, 1.82) is 0 Å². The number of benzene rings is 1. The molecule has 7 heteroatoms. The van der Waals surface area contributed by atoms with Gasteiger partial charge in [-0.3, -0.25) is 10.2 Å². The smallest absolute Gasteiger partial charge is 0.220 e. The first-order valence-electron chi connectivity index (χ1n) is 12.3. The van der Waals surface area contributed by atoms with Gasteiger partial charge in [-0.2, -0.15) is 5.10 Å². The van der Waals surface area contributed by atoms with Gasteiger partial charge in [0.15, 0.2) is 0 Å². The van der Waals surface area contributed by atoms with Gasteiger partial charge in [0.05, 0.1) is 12.1 Å². The maximum Gasteiger partial charge on any atom is 0.220 e. The third-order valence-electron chi connectivity index (χ3n) is 7.54. The van der Waals surface area contributed by atoms with Crippen LogP contribution >= 0.6 is 0 Å². The molecule has 1 saturated carbocycles. The Labute approximate surface area is 191 Å². The molecule has 0 radical (unpaired) electrons. The van der Waals surface area contributed by atoms with Crippen LogP contribution in [0.4, 0.5) is 0 Å². The van der Waals surface area contributed by atoms with E-state index < -0.39 is 0 Å². The van der Waals surface area contributed by atoms with Crippen LogP contribution in [-0.2, 0) is 4.79 Å². The van der Waals surface area contributed by atoms with Crippen LogP contribution in [0.15, 0.2) is 35.7 Å². The summed E-state index contributed by atoms with van der Waals surface area (Å²) >= 11 is 0. The van der Waals surface area contributed by atoms with Crippen LogP contribution in [0.5, 0.6) is 0 Å². The van der Waals surface area contributed by atoms with Gasteiger partial charge < -0.3 is 15.2 Å². The zero-order valence-corrected chi connectivity index (χ0v) is 19.3. The van der Waals surface area contributed by atoms with Crippen molar-refractivity contribution < 1.29 is 4.79 Å². The predicted octanol–water partition coefficient (Wildman–Crippen LogP) is 3.57. The second kappa shape index (κ2) is 9.14. The molecule has 0 bridgehead atoms. The lowest BCUT2D eigenvalue weighted by atomic mass is 9.97. The van der Waals surface area contributed by atoms with Crippen molar-refractivity contribution in [3.63, 3.8) is 0 Å². The van der Waals surface area contributed by atoms with Crippen LogP contribution in [0, 0.1) is 13.8 Å². The molecule has 1 saturated heterocycles. The molecule has 0 spiro atoms. The van der Waals surface area contributed by atoms with E-state index in [1.807, 2.05) is 0 Å². The third kappa shape index (κ3) is 4.35. The monoisotopic (exact) mass is 436 g/mol. The van der Waals surface area contributed by atoms with Crippen LogP contribution in [0.25, 0.3) is 0 Å². The van der Waals surface area contributed by atoms with E-state index in [4.69, 9.17) is 0 Å². The van der Waals surface area contributed by atoms with Gasteiger partial charge >= 0.3 is 0 Å². The molecule has 3 N–H and O–H groups in total. The van der Waals surface area contributed by atoms with E-state index in [1.165, 1.54) is 42.4 Å². The molecule has 1 aliphatic carbocycles. The number of aryl methyl sites for hydroxylation is 2. The number of amides is 1. The largest absolute Gasteiger partial charge is 0.353 e. The minimum Gasteiger partial charge on any atom is -0.353 e. The number of hydrogen-bond acceptors (Lipinski definition) is 6. The maximum absolute atomic E-state index is 12.5. The fourth-order valence-corrected chi connectivity index (χ4v) is 5.46. The summed E-state index contributed by atoms with van der Waals surface area (Å²) in [5.74, 6) is 1.11. The van der Waals surface area contributed by atoms with E-state index in [9.17, 15) is 4.79 Å². The summed E-state index contributed by atoms with van der Waals surface area (Å²) in [6, 6.07) is 7.67. The number of hydrogen-bond donors (Lipinski definition) is 3. The van der Waals surface area contributed by atoms with Crippen LogP contribution in [0.2, 0.25) is 0 Å². The standard InChI is InChI=1S/C25H36N6O/c1-17-9-10-19(15-18(17)2)21-16-22-25-28-27-23(30(25)13-14-31(22)29-21)11-12-24(32)26-20-7-5-3-4-6-8-20/h9-10,13-15,20-22,25,28-29H,3-8,11-12,16H2,1-2H3,(H,26,32). The Kier molecular flexibility index (Phi) is 6.09. The van der Waals surface area contributed by atoms with E-state index in [-0.39, 0.29) is 18.1 Å². The summed E-state index contributed by atoms with van der Waals surface area (Å²) < 4.78 is 0. The SMILES string of the molecule is Cc1ccc(C2CC3C4NN=C(CCC(=O)NC5CCCCCC5)N4C=CN3N2)cc1C. The molecule has 1 aromatic rings. The second-order valence-corrected chi connectivity index (χ2v) is 9.80. The summed E-state index contributed by atoms with van der Waals surface area (Å²) in [5.41, 5.74) is 11.0. The zero-order valence-electron chi connectivity index (χ0n) is 19.3. The minimum absolute atomic E-state index is 0.101. The van der Waals surface area contributed by atoms with Crippen LogP contribution in [0.3, 0.4) is 0 Å². The predicted molar refractivity (Wildman–Crippen MR) is 126 cm³/mol. The summed E-state index contributed by atoms with van der Waals surface area (Å²) in [5, 5.41) is 10.1. The fourth-order valence-electron chi connectivity index (χ4n) is 5.46. The number of fused-ring (bicyclic) bond motifs is 3. The molecule has 4 aliphatic rings. The number of carbonyl (C=O) groups is 1. The Morgan fingerprint density at radius 1 is 1.12 bits per heavy atom. The van der Waals surface area contributed by atoms with Gasteiger partial charge in [0.25, 0.3) is 0 Å². The molecule has 7 nitrogen and oxygen atoms in total. The first kappa shape index (κ1) is 21.3. The van der Waals surface area contributed by atoms with E-state index in [2.05, 4.69) is 75.6 Å². The van der Waals surface area contributed by atoms with Gasteiger partial charge in [-0.25, -0.2) is 5.43 Å². The highest BCUT2D eigenvalue weighted by Crippen LogP contribution is 2.34. The molecule has 172 valence electrons. The van der Waals surface area contributed by atoms with Crippen molar-refractivity contribution in [2.45, 2.75) is 95.9 Å². The lowest BCUT2D eigenvalue weighted by molar-refractivity contribution is -0.121. The molecule has 1 aromatic carbocycles. The summed E-state index contributed by atoms with van der Waals surface area (Å²) in [6.07, 6.45) is 13.8. The minimum atomic E-state index is 0.101. The molecule has 3 atom stereocenters. The van der Waals surface area contributed by atoms with E-state index >= 15 is 0 Å². The normalized spacial score (nSPS) is 27.4. The topological polar surface area (TPSA) is 72.0 Å². The molecule has 0 aromatic heterocycles. The number of rotatable bonds is 5. The Bertz CT molecular complexity index is 904. The van der Waals surface area contributed by atoms with Crippen LogP contribution < -0.4 is 16.2 Å². The second-order valence-electron chi connectivity index (χ2n) is 9.80. The summed E-state index contributed by atoms with van der Waals surface area (Å²) in [4.78, 5) is 14.7. The Hall–Kier alpha value is -2.54. The van der Waals surface area contributed by atoms with Gasteiger partial charge in [0.2, 0.25) is 5.91 Å². The lowest BCUT2D eigenvalue weighted by Gasteiger charge is -2.37. The number of hydrazine groups is 1. The van der Waals surface area contributed by atoms with Crippen LogP contribution in [-0.4, -0.2) is 39.9 Å². The first-order chi connectivity index (χ1) is 15.6. The van der Waals surface area contributed by atoms with Crippen molar-refractivity contribution in [3.05, 3.63) is 47.3 Å². The molecular formula is C25H36N6O. The number of hydrazone groups is 1. The molecule has 2 fully saturated rings. The van der Waals surface area contributed by atoms with Gasteiger partial charge in [-0.1, -0.05) is 43.9 Å². The average molecular weight is 437 g/mol. The number of nitrogens with one attached hydrogen (secondary N) is 3. The maximum atomic E-state index is 12.5. The number of amidine groups is 1. The molecular weight excluding hydrogens is 400 g/mol. The summed E-state index contributed by atoms with van der Waals surface area (Å²) in [6.45, 7) is 4.33. The molecule has 5 rings (SSSR count). The van der Waals surface area contributed by atoms with E-state index in [0.717, 1.165) is 25.1 Å². The van der Waals surface area contributed by atoms with Gasteiger partial charge in [-0.15, -0.1) is 0 Å². The van der Waals surface area contributed by atoms with E-state index in [1.54, 1.807) is 0 Å². The lowest BCUT2D eigenvalue weighted by Crippen LogP contribution is -2.54. The highest BCUT2D eigenvalue weighted by atomic mass is 16.1. The first-order valence-corrected chi connectivity index (χ1v) is 12.3. The molecule has 1 amide bonds. The fraction of sp³-hybridized carbons (Fsp3) is 0.600. The molecule has 32 heavy (non-hydrogen) atoms. The highest BCUT2D eigenvalue weighted by molar-refractivity contribution is 5.89. The van der Waals surface area contributed by atoms with Gasteiger partial charge in [-0.05, 0) is 49.8 Å². The highest BCUT2D eigenvalue weighted by Gasteiger charge is 2.44. The summed E-state index contributed by atoms with van der Waals surface area (Å²) in [7, 11) is 0. The van der Waals surface area contributed by atoms with Crippen molar-refractivity contribution in [2.24, 2.45) is 5.10 Å². The van der Waals surface area contributed by atoms with Crippen molar-refractivity contribution in [3.8, 4) is 0 Å². The van der Waals surface area contributed by atoms with E-state index in [0.29, 0.717) is 24.9 Å². The van der Waals surface area contributed by atoms with Crippen molar-refractivity contribution >= 4 is 11.7 Å². The Morgan fingerprint density at radius 2 is 1.94 bits per heavy atom. The Balaban J connectivity index is 1.16. The van der Waals surface area contributed by atoms with Crippen molar-refractivity contribution in [2.75, 3.05) is 0 Å².